The molecule has 0 saturated heterocycles. The topological polar surface area (TPSA) is 42.0 Å². The number of rotatable bonds is 3. The zero-order valence-corrected chi connectivity index (χ0v) is 11.6. The maximum Gasteiger partial charge on any atom is 0.253 e. The second-order valence-corrected chi connectivity index (χ2v) is 5.58. The third-order valence-electron chi connectivity index (χ3n) is 2.18. The van der Waals surface area contributed by atoms with Gasteiger partial charge in [-0.15, -0.1) is 11.3 Å². The van der Waals surface area contributed by atoms with E-state index in [9.17, 15) is 4.79 Å². The minimum absolute atomic E-state index is 0.0919. The summed E-state index contributed by atoms with van der Waals surface area (Å²) in [5.41, 5.74) is 1.58. The Morgan fingerprint density at radius 2 is 2.29 bits per heavy atom. The molecule has 0 aliphatic heterocycles. The first-order valence-electron chi connectivity index (χ1n) is 5.08. The average molecular weight is 311 g/mol. The molecule has 3 nitrogen and oxygen atoms in total. The Labute approximate surface area is 112 Å². The van der Waals surface area contributed by atoms with Crippen LogP contribution in [0.15, 0.2) is 34.4 Å². The summed E-state index contributed by atoms with van der Waals surface area (Å²) >= 11 is 4.99. The number of carbonyl (C=O) groups excluding carboxylic acids is 1. The lowest BCUT2D eigenvalue weighted by Gasteiger charge is -2.03. The van der Waals surface area contributed by atoms with Gasteiger partial charge in [0.2, 0.25) is 0 Å². The van der Waals surface area contributed by atoms with Gasteiger partial charge >= 0.3 is 0 Å². The summed E-state index contributed by atoms with van der Waals surface area (Å²) in [5.74, 6) is -0.0919. The Balaban J connectivity index is 1.98. The van der Waals surface area contributed by atoms with Gasteiger partial charge in [0.25, 0.3) is 5.91 Å². The molecule has 0 spiro atoms. The molecule has 5 heteroatoms. The fourth-order valence-corrected chi connectivity index (χ4v) is 2.79. The van der Waals surface area contributed by atoms with Gasteiger partial charge in [0.15, 0.2) is 0 Å². The van der Waals surface area contributed by atoms with Gasteiger partial charge in [-0.25, -0.2) is 0 Å². The molecule has 1 amide bonds. The number of pyridine rings is 1. The Morgan fingerprint density at radius 1 is 1.47 bits per heavy atom. The van der Waals surface area contributed by atoms with Gasteiger partial charge in [-0.2, -0.15) is 0 Å². The zero-order chi connectivity index (χ0) is 12.3. The first-order chi connectivity index (χ1) is 8.15. The Hall–Kier alpha value is -1.20. The molecule has 0 radical (unpaired) electrons. The zero-order valence-electron chi connectivity index (χ0n) is 9.24. The van der Waals surface area contributed by atoms with E-state index in [-0.39, 0.29) is 5.91 Å². The molecule has 0 aliphatic rings. The Morgan fingerprint density at radius 3 is 2.94 bits per heavy atom. The number of hydrogen-bond donors (Lipinski definition) is 1. The molecule has 17 heavy (non-hydrogen) atoms. The van der Waals surface area contributed by atoms with Crippen LogP contribution in [0.4, 0.5) is 0 Å². The van der Waals surface area contributed by atoms with E-state index in [4.69, 9.17) is 0 Å². The third-order valence-corrected chi connectivity index (χ3v) is 3.88. The van der Waals surface area contributed by atoms with Crippen LogP contribution < -0.4 is 5.32 Å². The van der Waals surface area contributed by atoms with Gasteiger partial charge in [-0.1, -0.05) is 0 Å². The van der Waals surface area contributed by atoms with Gasteiger partial charge in [0, 0.05) is 27.1 Å². The molecular weight excluding hydrogens is 300 g/mol. The lowest BCUT2D eigenvalue weighted by atomic mass is 10.2. The molecule has 88 valence electrons. The largest absolute Gasteiger partial charge is 0.347 e. The normalized spacial score (nSPS) is 10.2. The van der Waals surface area contributed by atoms with Crippen molar-refractivity contribution >= 4 is 33.2 Å². The number of hydrogen-bond acceptors (Lipinski definition) is 3. The van der Waals surface area contributed by atoms with Gasteiger partial charge in [-0.05, 0) is 40.5 Å². The van der Waals surface area contributed by atoms with E-state index in [1.54, 1.807) is 23.7 Å². The quantitative estimate of drug-likeness (QED) is 0.946. The molecule has 0 aromatic carbocycles. The molecule has 2 aromatic rings. The van der Waals surface area contributed by atoms with Crippen LogP contribution >= 0.6 is 27.3 Å². The van der Waals surface area contributed by atoms with Gasteiger partial charge in [-0.3, -0.25) is 9.78 Å². The molecule has 0 bridgehead atoms. The maximum absolute atomic E-state index is 11.8. The molecule has 0 fully saturated rings. The second-order valence-electron chi connectivity index (χ2n) is 3.66. The monoisotopic (exact) mass is 310 g/mol. The van der Waals surface area contributed by atoms with E-state index in [0.29, 0.717) is 12.1 Å². The fraction of sp³-hybridized carbons (Fsp3) is 0.167. The minimum atomic E-state index is -0.0919. The van der Waals surface area contributed by atoms with E-state index in [1.807, 2.05) is 24.4 Å². The molecule has 0 atom stereocenters. The SMILES string of the molecule is Cc1cncc(C(=O)NCc2cc(Br)cs2)c1. The number of aromatic nitrogens is 1. The van der Waals surface area contributed by atoms with Crippen LogP contribution in [0.3, 0.4) is 0 Å². The highest BCUT2D eigenvalue weighted by molar-refractivity contribution is 9.10. The number of amides is 1. The number of carbonyl (C=O) groups is 1. The van der Waals surface area contributed by atoms with Crippen LogP contribution in [0.25, 0.3) is 0 Å². The second kappa shape index (κ2) is 5.42. The first-order valence-corrected chi connectivity index (χ1v) is 6.75. The molecule has 0 unspecified atom stereocenters. The third kappa shape index (κ3) is 3.38. The number of nitrogens with one attached hydrogen (secondary N) is 1. The van der Waals surface area contributed by atoms with E-state index >= 15 is 0 Å². The maximum atomic E-state index is 11.8. The van der Waals surface area contributed by atoms with E-state index in [2.05, 4.69) is 26.2 Å². The summed E-state index contributed by atoms with van der Waals surface area (Å²) < 4.78 is 1.05. The molecule has 1 N–H and O–H groups in total. The summed E-state index contributed by atoms with van der Waals surface area (Å²) in [6.07, 6.45) is 3.31. The molecule has 0 saturated carbocycles. The number of nitrogens with zero attached hydrogens (tertiary/aromatic N) is 1. The molecule has 2 rings (SSSR count). The Bertz CT molecular complexity index is 539. The Kier molecular flexibility index (Phi) is 3.91. The highest BCUT2D eigenvalue weighted by Gasteiger charge is 2.06. The van der Waals surface area contributed by atoms with Crippen LogP contribution in [-0.2, 0) is 6.54 Å². The fourth-order valence-electron chi connectivity index (χ4n) is 1.40. The molecule has 2 heterocycles. The van der Waals surface area contributed by atoms with Crippen molar-refractivity contribution < 1.29 is 4.79 Å². The highest BCUT2D eigenvalue weighted by Crippen LogP contribution is 2.19. The lowest BCUT2D eigenvalue weighted by molar-refractivity contribution is 0.0951. The van der Waals surface area contributed by atoms with Crippen LogP contribution in [0, 0.1) is 6.92 Å². The van der Waals surface area contributed by atoms with Crippen molar-refractivity contribution in [3.8, 4) is 0 Å². The van der Waals surface area contributed by atoms with Crippen LogP contribution in [0.2, 0.25) is 0 Å². The highest BCUT2D eigenvalue weighted by atomic mass is 79.9. The van der Waals surface area contributed by atoms with Gasteiger partial charge in [0.05, 0.1) is 12.1 Å². The number of thiophene rings is 1. The van der Waals surface area contributed by atoms with Crippen molar-refractivity contribution in [1.29, 1.82) is 0 Å². The summed E-state index contributed by atoms with van der Waals surface area (Å²) in [6, 6.07) is 3.83. The average Bonchev–Trinajstić information content (AvgIpc) is 2.72. The van der Waals surface area contributed by atoms with Crippen LogP contribution in [0.5, 0.6) is 0 Å². The summed E-state index contributed by atoms with van der Waals surface area (Å²) in [7, 11) is 0. The summed E-state index contributed by atoms with van der Waals surface area (Å²) in [5, 5.41) is 4.86. The number of halogens is 1. The summed E-state index contributed by atoms with van der Waals surface area (Å²) in [4.78, 5) is 16.9. The van der Waals surface area contributed by atoms with Crippen molar-refractivity contribution in [3.05, 3.63) is 50.4 Å². The van der Waals surface area contributed by atoms with Crippen molar-refractivity contribution in [2.24, 2.45) is 0 Å². The smallest absolute Gasteiger partial charge is 0.253 e. The van der Waals surface area contributed by atoms with Crippen molar-refractivity contribution in [3.63, 3.8) is 0 Å². The van der Waals surface area contributed by atoms with Crippen molar-refractivity contribution in [1.82, 2.24) is 10.3 Å². The van der Waals surface area contributed by atoms with E-state index < -0.39 is 0 Å². The summed E-state index contributed by atoms with van der Waals surface area (Å²) in [6.45, 7) is 2.46. The van der Waals surface area contributed by atoms with Gasteiger partial charge in [0.1, 0.15) is 0 Å². The number of aryl methyl sites for hydroxylation is 1. The predicted octanol–water partition coefficient (Wildman–Crippen LogP) is 3.14. The minimum Gasteiger partial charge on any atom is -0.347 e. The van der Waals surface area contributed by atoms with Crippen LogP contribution in [-0.4, -0.2) is 10.9 Å². The predicted molar refractivity (Wildman–Crippen MR) is 72.2 cm³/mol. The molecule has 0 aliphatic carbocycles. The van der Waals surface area contributed by atoms with E-state index in [1.165, 1.54) is 0 Å². The van der Waals surface area contributed by atoms with E-state index in [0.717, 1.165) is 14.9 Å². The first kappa shape index (κ1) is 12.3. The standard InChI is InChI=1S/C12H11BrN2OS/c1-8-2-9(5-14-4-8)12(16)15-6-11-3-10(13)7-17-11/h2-5,7H,6H2,1H3,(H,15,16). The van der Waals surface area contributed by atoms with Gasteiger partial charge < -0.3 is 5.32 Å². The van der Waals surface area contributed by atoms with Crippen molar-refractivity contribution in [2.75, 3.05) is 0 Å². The van der Waals surface area contributed by atoms with Crippen molar-refractivity contribution in [2.45, 2.75) is 13.5 Å². The molecular formula is C12H11BrN2OS. The van der Waals surface area contributed by atoms with Crippen LogP contribution in [0.1, 0.15) is 20.8 Å². The lowest BCUT2D eigenvalue weighted by Crippen LogP contribution is -2.22. The molecule has 2 aromatic heterocycles.